The number of ether oxygens (including phenoxy) is 1. The molecule has 2 aliphatic rings. The molecule has 0 spiro atoms. The van der Waals surface area contributed by atoms with Gasteiger partial charge in [0.25, 0.3) is 0 Å². The van der Waals surface area contributed by atoms with Gasteiger partial charge in [-0.25, -0.2) is 14.4 Å². The number of hydrogen-bond donors (Lipinski definition) is 1. The maximum atomic E-state index is 13.0. The van der Waals surface area contributed by atoms with Gasteiger partial charge in [0, 0.05) is 6.54 Å². The van der Waals surface area contributed by atoms with E-state index in [9.17, 15) is 9.18 Å². The second-order valence-corrected chi connectivity index (χ2v) is 6.29. The zero-order valence-corrected chi connectivity index (χ0v) is 13.6. The van der Waals surface area contributed by atoms with Gasteiger partial charge in [-0.2, -0.15) is 0 Å². The van der Waals surface area contributed by atoms with E-state index in [1.165, 1.54) is 12.4 Å². The van der Waals surface area contributed by atoms with Gasteiger partial charge in [0.2, 0.25) is 11.9 Å². The van der Waals surface area contributed by atoms with E-state index in [1.54, 1.807) is 12.3 Å². The summed E-state index contributed by atoms with van der Waals surface area (Å²) in [5, 5.41) is 2.85. The number of hydrogen-bond acceptors (Lipinski definition) is 6. The SMILES string of the molecule is O=C(NCc1ccco1)[C@H]1CC[C@@H]2[C@@H](CCN2c2ncc(F)cn2)O1. The van der Waals surface area contributed by atoms with Gasteiger partial charge in [-0.3, -0.25) is 4.79 Å². The molecule has 2 aromatic heterocycles. The molecule has 0 radical (unpaired) electrons. The molecular weight excluding hydrogens is 327 g/mol. The Bertz CT molecular complexity index is 722. The van der Waals surface area contributed by atoms with Crippen LogP contribution < -0.4 is 10.2 Å². The third-order valence-electron chi connectivity index (χ3n) is 4.72. The molecule has 3 atom stereocenters. The van der Waals surface area contributed by atoms with Gasteiger partial charge in [-0.1, -0.05) is 0 Å². The molecule has 0 aliphatic carbocycles. The van der Waals surface area contributed by atoms with Crippen molar-refractivity contribution in [2.24, 2.45) is 0 Å². The number of nitrogens with zero attached hydrogens (tertiary/aromatic N) is 3. The van der Waals surface area contributed by atoms with Crippen molar-refractivity contribution >= 4 is 11.9 Å². The van der Waals surface area contributed by atoms with Crippen LogP contribution >= 0.6 is 0 Å². The van der Waals surface area contributed by atoms with E-state index in [-0.39, 0.29) is 18.1 Å². The fourth-order valence-electron chi connectivity index (χ4n) is 3.52. The number of rotatable bonds is 4. The Labute approximate surface area is 144 Å². The number of anilines is 1. The maximum Gasteiger partial charge on any atom is 0.249 e. The normalized spacial score (nSPS) is 25.6. The lowest BCUT2D eigenvalue weighted by Gasteiger charge is -2.35. The molecule has 0 aromatic carbocycles. The van der Waals surface area contributed by atoms with Crippen LogP contribution in [0.1, 0.15) is 25.0 Å². The third kappa shape index (κ3) is 3.34. The second kappa shape index (κ2) is 6.79. The van der Waals surface area contributed by atoms with Crippen LogP contribution in [0.2, 0.25) is 0 Å². The van der Waals surface area contributed by atoms with Gasteiger partial charge < -0.3 is 19.4 Å². The number of furan rings is 1. The number of carbonyl (C=O) groups is 1. The van der Waals surface area contributed by atoms with Crippen molar-refractivity contribution in [3.8, 4) is 0 Å². The summed E-state index contributed by atoms with van der Waals surface area (Å²) >= 11 is 0. The van der Waals surface area contributed by atoms with Crippen LogP contribution in [0.25, 0.3) is 0 Å². The first-order chi connectivity index (χ1) is 12.2. The second-order valence-electron chi connectivity index (χ2n) is 6.29. The topological polar surface area (TPSA) is 80.5 Å². The minimum absolute atomic E-state index is 0.0400. The van der Waals surface area contributed by atoms with Crippen molar-refractivity contribution < 1.29 is 18.3 Å². The molecule has 2 aliphatic heterocycles. The number of amides is 1. The molecule has 4 heterocycles. The molecule has 2 aromatic rings. The summed E-state index contributed by atoms with van der Waals surface area (Å²) in [4.78, 5) is 22.5. The summed E-state index contributed by atoms with van der Waals surface area (Å²) in [5.74, 6) is 0.653. The Hall–Kier alpha value is -2.48. The molecule has 0 bridgehead atoms. The van der Waals surface area contributed by atoms with Gasteiger partial charge in [0.1, 0.15) is 11.9 Å². The molecule has 132 valence electrons. The average Bonchev–Trinajstić information content (AvgIpc) is 3.29. The first-order valence-electron chi connectivity index (χ1n) is 8.40. The van der Waals surface area contributed by atoms with Crippen LogP contribution in [-0.2, 0) is 16.1 Å². The van der Waals surface area contributed by atoms with E-state index in [0.717, 1.165) is 19.4 Å². The number of aromatic nitrogens is 2. The number of halogens is 1. The van der Waals surface area contributed by atoms with Crippen molar-refractivity contribution in [2.75, 3.05) is 11.4 Å². The first kappa shape index (κ1) is 16.0. The quantitative estimate of drug-likeness (QED) is 0.907. The maximum absolute atomic E-state index is 13.0. The summed E-state index contributed by atoms with van der Waals surface area (Å²) in [5.41, 5.74) is 0. The van der Waals surface area contributed by atoms with Crippen molar-refractivity contribution in [1.29, 1.82) is 0 Å². The van der Waals surface area contributed by atoms with Crippen LogP contribution in [0.3, 0.4) is 0 Å². The standard InChI is InChI=1S/C17H19FN4O3/c18-11-8-20-17(21-9-11)22-6-5-14-13(22)3-4-15(25-14)16(23)19-10-12-2-1-7-24-12/h1-2,7-9,13-15H,3-6,10H2,(H,19,23)/t13-,14-,15-/m1/s1. The minimum atomic E-state index is -0.453. The highest BCUT2D eigenvalue weighted by Gasteiger charge is 2.42. The molecule has 0 unspecified atom stereocenters. The number of carbonyl (C=O) groups excluding carboxylic acids is 1. The molecule has 4 rings (SSSR count). The minimum Gasteiger partial charge on any atom is -0.467 e. The fraction of sp³-hybridized carbons (Fsp3) is 0.471. The highest BCUT2D eigenvalue weighted by atomic mass is 19.1. The molecular formula is C17H19FN4O3. The Kier molecular flexibility index (Phi) is 4.35. The van der Waals surface area contributed by atoms with Crippen molar-refractivity contribution in [2.45, 2.75) is 44.1 Å². The zero-order valence-electron chi connectivity index (χ0n) is 13.6. The molecule has 2 saturated heterocycles. The van der Waals surface area contributed by atoms with Crippen molar-refractivity contribution in [3.05, 3.63) is 42.4 Å². The lowest BCUT2D eigenvalue weighted by atomic mass is 9.98. The number of nitrogens with one attached hydrogen (secondary N) is 1. The monoisotopic (exact) mass is 346 g/mol. The summed E-state index contributed by atoms with van der Waals surface area (Å²) in [6.45, 7) is 1.09. The van der Waals surface area contributed by atoms with Gasteiger partial charge in [-0.05, 0) is 31.4 Å². The average molecular weight is 346 g/mol. The highest BCUT2D eigenvalue weighted by molar-refractivity contribution is 5.80. The van der Waals surface area contributed by atoms with E-state index in [4.69, 9.17) is 9.15 Å². The molecule has 1 amide bonds. The van der Waals surface area contributed by atoms with Gasteiger partial charge >= 0.3 is 0 Å². The lowest BCUT2D eigenvalue weighted by molar-refractivity contribution is -0.141. The molecule has 2 fully saturated rings. The van der Waals surface area contributed by atoms with Crippen LogP contribution in [0.5, 0.6) is 0 Å². The van der Waals surface area contributed by atoms with E-state index >= 15 is 0 Å². The Morgan fingerprint density at radius 2 is 2.16 bits per heavy atom. The molecule has 0 saturated carbocycles. The predicted octanol–water partition coefficient (Wildman–Crippen LogP) is 1.65. The lowest BCUT2D eigenvalue weighted by Crippen LogP contribution is -2.48. The van der Waals surface area contributed by atoms with Crippen LogP contribution in [-0.4, -0.2) is 40.7 Å². The Balaban J connectivity index is 1.35. The predicted molar refractivity (Wildman–Crippen MR) is 86.2 cm³/mol. The summed E-state index contributed by atoms with van der Waals surface area (Å²) in [6.07, 6.45) is 5.66. The van der Waals surface area contributed by atoms with Crippen LogP contribution in [0, 0.1) is 5.82 Å². The Morgan fingerprint density at radius 1 is 1.32 bits per heavy atom. The number of fused-ring (bicyclic) bond motifs is 1. The van der Waals surface area contributed by atoms with Crippen molar-refractivity contribution in [1.82, 2.24) is 15.3 Å². The molecule has 25 heavy (non-hydrogen) atoms. The first-order valence-corrected chi connectivity index (χ1v) is 8.40. The summed E-state index contributed by atoms with van der Waals surface area (Å²) in [6, 6.07) is 3.73. The Morgan fingerprint density at radius 3 is 2.92 bits per heavy atom. The van der Waals surface area contributed by atoms with Gasteiger partial charge in [0.15, 0.2) is 5.82 Å². The van der Waals surface area contributed by atoms with Gasteiger partial charge in [-0.15, -0.1) is 0 Å². The van der Waals surface area contributed by atoms with E-state index in [1.807, 2.05) is 11.0 Å². The summed E-state index contributed by atoms with van der Waals surface area (Å²) in [7, 11) is 0. The highest BCUT2D eigenvalue weighted by Crippen LogP contribution is 2.33. The van der Waals surface area contributed by atoms with Crippen LogP contribution in [0.15, 0.2) is 35.2 Å². The van der Waals surface area contributed by atoms with E-state index in [0.29, 0.717) is 24.7 Å². The zero-order chi connectivity index (χ0) is 17.2. The van der Waals surface area contributed by atoms with E-state index < -0.39 is 11.9 Å². The largest absolute Gasteiger partial charge is 0.467 e. The van der Waals surface area contributed by atoms with E-state index in [2.05, 4.69) is 15.3 Å². The molecule has 7 nitrogen and oxygen atoms in total. The smallest absolute Gasteiger partial charge is 0.249 e. The van der Waals surface area contributed by atoms with Crippen LogP contribution in [0.4, 0.5) is 10.3 Å². The van der Waals surface area contributed by atoms with Gasteiger partial charge in [0.05, 0.1) is 37.3 Å². The molecule has 8 heteroatoms. The van der Waals surface area contributed by atoms with Crippen molar-refractivity contribution in [3.63, 3.8) is 0 Å². The third-order valence-corrected chi connectivity index (χ3v) is 4.72. The summed E-state index contributed by atoms with van der Waals surface area (Å²) < 4.78 is 24.2. The molecule has 1 N–H and O–H groups in total. The fourth-order valence-corrected chi connectivity index (χ4v) is 3.52.